The standard InChI is InChI=1S/C38H44N14O7.ClH/c1-6-51-26(15-20(3)47-51)35(56)45-38-44-25-17-23(33(41)55)19-42-34(25)50(38)13-9-8-12-49-30-24(16-22(32(40)54)18-27(30)59-14-10-11-28(53)58-5)43-37(49)46-36(57)31-29(39)21(4)48-52(31)7-2;/h8-9,15-19H,6-7,10-14,39H2,1-5H3,(H2,40,54)(H2,41,55)(H,43,46,57)(H,44,45,56);1H/b9-8+;. The number of esters is 1. The number of hydrogen-bond acceptors (Lipinski definition) is 13. The van der Waals surface area contributed by atoms with Crippen molar-refractivity contribution in [2.45, 2.75) is 66.7 Å². The lowest BCUT2D eigenvalue weighted by Crippen LogP contribution is -2.21. The van der Waals surface area contributed by atoms with Gasteiger partial charge in [-0.15, -0.1) is 12.4 Å². The van der Waals surface area contributed by atoms with E-state index in [0.29, 0.717) is 53.3 Å². The zero-order valence-electron chi connectivity index (χ0n) is 33.5. The molecule has 22 heteroatoms. The molecule has 0 atom stereocenters. The number of carbonyl (C=O) groups is 5. The normalized spacial score (nSPS) is 11.2. The molecule has 0 spiro atoms. The third kappa shape index (κ3) is 9.04. The summed E-state index contributed by atoms with van der Waals surface area (Å²) in [5, 5.41) is 14.4. The van der Waals surface area contributed by atoms with Gasteiger partial charge in [0.05, 0.1) is 41.9 Å². The monoisotopic (exact) mass is 844 g/mol. The number of benzene rings is 1. The quantitative estimate of drug-likeness (QED) is 0.0502. The molecule has 21 nitrogen and oxygen atoms in total. The highest BCUT2D eigenvalue weighted by atomic mass is 35.5. The maximum absolute atomic E-state index is 13.8. The molecular weight excluding hydrogens is 800 g/mol. The number of ether oxygens (including phenoxy) is 2. The molecule has 0 saturated carbocycles. The van der Waals surface area contributed by atoms with Gasteiger partial charge in [-0.25, -0.2) is 15.0 Å². The second-order valence-corrected chi connectivity index (χ2v) is 13.3. The first kappa shape index (κ1) is 43.8. The molecule has 0 unspecified atom stereocenters. The Labute approximate surface area is 348 Å². The van der Waals surface area contributed by atoms with Crippen LogP contribution in [0.5, 0.6) is 5.75 Å². The Bertz CT molecular complexity index is 2660. The minimum Gasteiger partial charge on any atom is -0.491 e. The summed E-state index contributed by atoms with van der Waals surface area (Å²) in [5.74, 6) is -2.42. The van der Waals surface area contributed by atoms with Gasteiger partial charge >= 0.3 is 5.97 Å². The van der Waals surface area contributed by atoms with Crippen molar-refractivity contribution in [2.24, 2.45) is 11.5 Å². The summed E-state index contributed by atoms with van der Waals surface area (Å²) in [7, 11) is 1.29. The van der Waals surface area contributed by atoms with Crippen molar-refractivity contribution in [1.29, 1.82) is 0 Å². The number of nitrogens with one attached hydrogen (secondary N) is 2. The summed E-state index contributed by atoms with van der Waals surface area (Å²) in [6, 6.07) is 6.10. The van der Waals surface area contributed by atoms with Gasteiger partial charge < -0.3 is 31.2 Å². The number of aryl methyl sites for hydroxylation is 4. The van der Waals surface area contributed by atoms with Gasteiger partial charge in [-0.2, -0.15) is 10.2 Å². The van der Waals surface area contributed by atoms with E-state index in [1.54, 1.807) is 45.9 Å². The fourth-order valence-electron chi connectivity index (χ4n) is 6.39. The number of hydrogen-bond donors (Lipinski definition) is 5. The average Bonchev–Trinajstić information content (AvgIpc) is 3.95. The fourth-order valence-corrected chi connectivity index (χ4v) is 6.39. The molecule has 0 fully saturated rings. The Hall–Kier alpha value is -7.29. The van der Waals surface area contributed by atoms with Crippen LogP contribution in [-0.4, -0.2) is 87.0 Å². The number of methoxy groups -OCH3 is 1. The second kappa shape index (κ2) is 18.5. The number of nitrogens with zero attached hydrogens (tertiary/aromatic N) is 9. The number of imidazole rings is 2. The summed E-state index contributed by atoms with van der Waals surface area (Å²) in [6.45, 7) is 8.30. The van der Waals surface area contributed by atoms with Gasteiger partial charge in [0.1, 0.15) is 28.2 Å². The molecule has 316 valence electrons. The first-order chi connectivity index (χ1) is 28.2. The van der Waals surface area contributed by atoms with Crippen LogP contribution in [0, 0.1) is 13.8 Å². The van der Waals surface area contributed by atoms with Crippen LogP contribution >= 0.6 is 12.4 Å². The molecule has 0 bridgehead atoms. The predicted molar refractivity (Wildman–Crippen MR) is 223 cm³/mol. The van der Waals surface area contributed by atoms with Gasteiger partial charge in [0.15, 0.2) is 5.65 Å². The summed E-state index contributed by atoms with van der Waals surface area (Å²) in [4.78, 5) is 77.1. The van der Waals surface area contributed by atoms with E-state index < -0.39 is 29.6 Å². The molecule has 1 aromatic carbocycles. The van der Waals surface area contributed by atoms with E-state index in [2.05, 4.69) is 35.8 Å². The number of pyridine rings is 1. The first-order valence-electron chi connectivity index (χ1n) is 18.6. The number of primary amides is 2. The number of carbonyl (C=O) groups excluding carboxylic acids is 5. The highest BCUT2D eigenvalue weighted by Crippen LogP contribution is 2.32. The molecule has 60 heavy (non-hydrogen) atoms. The third-order valence-corrected chi connectivity index (χ3v) is 9.29. The molecule has 6 rings (SSSR count). The minimum atomic E-state index is -0.734. The molecule has 0 saturated heterocycles. The van der Waals surface area contributed by atoms with E-state index in [1.165, 1.54) is 36.2 Å². The average molecular weight is 845 g/mol. The fraction of sp³-hybridized carbons (Fsp3) is 0.316. The van der Waals surface area contributed by atoms with Crippen LogP contribution < -0.4 is 32.6 Å². The Morgan fingerprint density at radius 1 is 0.817 bits per heavy atom. The van der Waals surface area contributed by atoms with Crippen LogP contribution in [-0.2, 0) is 35.7 Å². The van der Waals surface area contributed by atoms with Crippen molar-refractivity contribution in [3.63, 3.8) is 0 Å². The highest BCUT2D eigenvalue weighted by molar-refractivity contribution is 6.07. The number of fused-ring (bicyclic) bond motifs is 2. The van der Waals surface area contributed by atoms with Crippen LogP contribution in [0.25, 0.3) is 22.2 Å². The summed E-state index contributed by atoms with van der Waals surface area (Å²) >= 11 is 0. The van der Waals surface area contributed by atoms with Crippen molar-refractivity contribution in [3.8, 4) is 5.75 Å². The number of anilines is 3. The highest BCUT2D eigenvalue weighted by Gasteiger charge is 2.24. The SMILES string of the molecule is CCn1nc(C)cc1C(=O)Nc1nc2cc(C(N)=O)cnc2n1C/C=C/Cn1c(NC(=O)c2c(N)c(C)nn2CC)nc2cc(C(N)=O)cc(OCCCC(=O)OC)c21.Cl. The third-order valence-electron chi connectivity index (χ3n) is 9.29. The van der Waals surface area contributed by atoms with Crippen LogP contribution in [0.1, 0.15) is 79.8 Å². The summed E-state index contributed by atoms with van der Waals surface area (Å²) in [6.07, 6.45) is 5.28. The maximum Gasteiger partial charge on any atom is 0.305 e. The van der Waals surface area contributed by atoms with Crippen molar-refractivity contribution >= 4 is 81.8 Å². The molecule has 8 N–H and O–H groups in total. The lowest BCUT2D eigenvalue weighted by molar-refractivity contribution is -0.140. The molecule has 0 aliphatic rings. The van der Waals surface area contributed by atoms with Gasteiger partial charge in [-0.05, 0) is 58.4 Å². The van der Waals surface area contributed by atoms with Crippen molar-refractivity contribution in [1.82, 2.24) is 43.6 Å². The van der Waals surface area contributed by atoms with Crippen molar-refractivity contribution < 1.29 is 33.4 Å². The van der Waals surface area contributed by atoms with E-state index in [1.807, 2.05) is 13.8 Å². The number of rotatable bonds is 17. The Morgan fingerprint density at radius 2 is 1.45 bits per heavy atom. The van der Waals surface area contributed by atoms with Gasteiger partial charge in [0.2, 0.25) is 23.7 Å². The van der Waals surface area contributed by atoms with Crippen LogP contribution in [0.4, 0.5) is 17.6 Å². The lowest BCUT2D eigenvalue weighted by atomic mass is 10.1. The van der Waals surface area contributed by atoms with Gasteiger partial charge in [0.25, 0.3) is 11.8 Å². The van der Waals surface area contributed by atoms with E-state index in [4.69, 9.17) is 26.7 Å². The smallest absolute Gasteiger partial charge is 0.305 e. The topological polar surface area (TPSA) is 290 Å². The molecule has 0 aliphatic heterocycles. The largest absolute Gasteiger partial charge is 0.491 e. The van der Waals surface area contributed by atoms with Crippen LogP contribution in [0.2, 0.25) is 0 Å². The zero-order chi connectivity index (χ0) is 42.5. The van der Waals surface area contributed by atoms with Gasteiger partial charge in [-0.3, -0.25) is 48.5 Å². The molecule has 0 aliphatic carbocycles. The molecule has 5 aromatic heterocycles. The first-order valence-corrected chi connectivity index (χ1v) is 18.6. The van der Waals surface area contributed by atoms with E-state index >= 15 is 0 Å². The lowest BCUT2D eigenvalue weighted by Gasteiger charge is -2.13. The summed E-state index contributed by atoms with van der Waals surface area (Å²) in [5.41, 5.74) is 20.9. The van der Waals surface area contributed by atoms with E-state index in [-0.39, 0.29) is 84.2 Å². The van der Waals surface area contributed by atoms with Crippen molar-refractivity contribution in [3.05, 3.63) is 76.5 Å². The number of allylic oxidation sites excluding steroid dienone is 2. The number of nitrogen functional groups attached to an aromatic ring is 1. The van der Waals surface area contributed by atoms with Crippen LogP contribution in [0.15, 0.2) is 42.6 Å². The number of aromatic nitrogens is 9. The number of nitrogens with two attached hydrogens (primary N) is 3. The minimum absolute atomic E-state index is 0. The van der Waals surface area contributed by atoms with E-state index in [0.717, 1.165) is 0 Å². The Balaban J connectivity index is 0.00000683. The summed E-state index contributed by atoms with van der Waals surface area (Å²) < 4.78 is 17.2. The molecule has 5 heterocycles. The Morgan fingerprint density at radius 3 is 2.12 bits per heavy atom. The number of amides is 4. The number of halogens is 1. The molecule has 4 amide bonds. The van der Waals surface area contributed by atoms with Gasteiger partial charge in [-0.1, -0.05) is 12.2 Å². The zero-order valence-corrected chi connectivity index (χ0v) is 34.3. The Kier molecular flexibility index (Phi) is 13.5. The molecule has 0 radical (unpaired) electrons. The molecule has 6 aromatic rings. The molecular formula is C38H45ClN14O7. The van der Waals surface area contributed by atoms with E-state index in [9.17, 15) is 24.0 Å². The predicted octanol–water partition coefficient (Wildman–Crippen LogP) is 3.13. The maximum atomic E-state index is 13.8. The van der Waals surface area contributed by atoms with Crippen molar-refractivity contribution in [2.75, 3.05) is 30.1 Å². The van der Waals surface area contributed by atoms with Crippen LogP contribution in [0.3, 0.4) is 0 Å². The van der Waals surface area contributed by atoms with Gasteiger partial charge in [0, 0.05) is 44.4 Å². The second-order valence-electron chi connectivity index (χ2n) is 13.3.